The van der Waals surface area contributed by atoms with Crippen molar-refractivity contribution in [1.29, 1.82) is 0 Å². The maximum Gasteiger partial charge on any atom is 0.327 e. The Morgan fingerprint density at radius 1 is 1.17 bits per heavy atom. The van der Waals surface area contributed by atoms with E-state index in [0.29, 0.717) is 5.75 Å². The Morgan fingerprint density at radius 3 is 2.65 bits per heavy atom. The molecule has 4 nitrogen and oxygen atoms in total. The molecule has 0 fully saturated rings. The summed E-state index contributed by atoms with van der Waals surface area (Å²) in [6.45, 7) is 0.257. The van der Waals surface area contributed by atoms with Crippen molar-refractivity contribution in [2.75, 3.05) is 14.2 Å². The van der Waals surface area contributed by atoms with E-state index < -0.39 is 23.6 Å². The van der Waals surface area contributed by atoms with Gasteiger partial charge < -0.3 is 9.47 Å². The number of nitrogens with one attached hydrogen (secondary N) is 1. The molecule has 0 unspecified atom stereocenters. The maximum absolute atomic E-state index is 13.9. The van der Waals surface area contributed by atoms with E-state index in [1.165, 1.54) is 7.11 Å². The Bertz CT molecular complexity index is 691. The average Bonchev–Trinajstić information content (AvgIpc) is 2.57. The normalized spacial score (nSPS) is 11.8. The standard InChI is InChI=1S/C17H17F2NO3/c1-22-13-5-3-4-11(8-13)10-20-16(17(21)23-2)14-9-12(18)6-7-15(14)19/h3-9,16,20H,10H2,1-2H3/t16-/m1/s1. The lowest BCUT2D eigenvalue weighted by atomic mass is 10.1. The van der Waals surface area contributed by atoms with Crippen LogP contribution in [0.3, 0.4) is 0 Å². The number of rotatable bonds is 6. The Kier molecular flexibility index (Phi) is 5.65. The molecule has 23 heavy (non-hydrogen) atoms. The number of benzene rings is 2. The minimum Gasteiger partial charge on any atom is -0.497 e. The van der Waals surface area contributed by atoms with Crippen molar-refractivity contribution >= 4 is 5.97 Å². The van der Waals surface area contributed by atoms with Crippen LogP contribution in [0.25, 0.3) is 0 Å². The monoisotopic (exact) mass is 321 g/mol. The van der Waals surface area contributed by atoms with Crippen molar-refractivity contribution in [3.05, 3.63) is 65.2 Å². The molecule has 0 amide bonds. The van der Waals surface area contributed by atoms with Gasteiger partial charge in [0.15, 0.2) is 0 Å². The minimum atomic E-state index is -1.11. The van der Waals surface area contributed by atoms with Crippen molar-refractivity contribution in [2.45, 2.75) is 12.6 Å². The molecule has 6 heteroatoms. The van der Waals surface area contributed by atoms with Crippen LogP contribution in [0.2, 0.25) is 0 Å². The molecule has 2 rings (SSSR count). The summed E-state index contributed by atoms with van der Waals surface area (Å²) >= 11 is 0. The summed E-state index contributed by atoms with van der Waals surface area (Å²) in [5, 5.41) is 2.89. The number of hydrogen-bond donors (Lipinski definition) is 1. The Labute approximate surface area is 133 Å². The summed E-state index contributed by atoms with van der Waals surface area (Å²) in [7, 11) is 2.74. The summed E-state index contributed by atoms with van der Waals surface area (Å²) in [6.07, 6.45) is 0. The molecule has 0 spiro atoms. The van der Waals surface area contributed by atoms with Crippen LogP contribution >= 0.6 is 0 Å². The van der Waals surface area contributed by atoms with Gasteiger partial charge in [-0.2, -0.15) is 0 Å². The van der Waals surface area contributed by atoms with E-state index in [4.69, 9.17) is 4.74 Å². The second kappa shape index (κ2) is 7.69. The Balaban J connectivity index is 2.22. The first-order chi connectivity index (χ1) is 11.0. The summed E-state index contributed by atoms with van der Waals surface area (Å²) in [5.74, 6) is -1.34. The summed E-state index contributed by atoms with van der Waals surface area (Å²) < 4.78 is 37.1. The van der Waals surface area contributed by atoms with Gasteiger partial charge in [-0.1, -0.05) is 12.1 Å². The number of carbonyl (C=O) groups excluding carboxylic acids is 1. The van der Waals surface area contributed by atoms with Crippen molar-refractivity contribution in [1.82, 2.24) is 5.32 Å². The third-order valence-electron chi connectivity index (χ3n) is 3.35. The molecule has 0 aromatic heterocycles. The molecule has 2 aromatic rings. The maximum atomic E-state index is 13.9. The molecule has 1 atom stereocenters. The van der Waals surface area contributed by atoms with E-state index in [1.54, 1.807) is 25.3 Å². The largest absolute Gasteiger partial charge is 0.497 e. The van der Waals surface area contributed by atoms with E-state index in [9.17, 15) is 13.6 Å². The molecule has 0 aliphatic heterocycles. The Hall–Kier alpha value is -2.47. The molecule has 0 aliphatic rings. The van der Waals surface area contributed by atoms with Crippen LogP contribution in [0, 0.1) is 11.6 Å². The van der Waals surface area contributed by atoms with Crippen molar-refractivity contribution in [2.24, 2.45) is 0 Å². The van der Waals surface area contributed by atoms with E-state index in [1.807, 2.05) is 6.07 Å². The lowest BCUT2D eigenvalue weighted by Crippen LogP contribution is -2.30. The van der Waals surface area contributed by atoms with Gasteiger partial charge in [0.05, 0.1) is 14.2 Å². The highest BCUT2D eigenvalue weighted by atomic mass is 19.1. The van der Waals surface area contributed by atoms with E-state index >= 15 is 0 Å². The number of halogens is 2. The fourth-order valence-corrected chi connectivity index (χ4v) is 2.18. The molecule has 0 saturated heterocycles. The number of hydrogen-bond acceptors (Lipinski definition) is 4. The Morgan fingerprint density at radius 2 is 1.96 bits per heavy atom. The SMILES string of the molecule is COC(=O)[C@H](NCc1cccc(OC)c1)c1cc(F)ccc1F. The average molecular weight is 321 g/mol. The highest BCUT2D eigenvalue weighted by Gasteiger charge is 2.24. The molecule has 0 bridgehead atoms. The molecular formula is C17H17F2NO3. The van der Waals surface area contributed by atoms with E-state index in [2.05, 4.69) is 10.1 Å². The fraction of sp³-hybridized carbons (Fsp3) is 0.235. The van der Waals surface area contributed by atoms with Crippen LogP contribution in [-0.2, 0) is 16.1 Å². The summed E-state index contributed by atoms with van der Waals surface area (Å²) in [6, 6.07) is 9.04. The molecule has 2 aromatic carbocycles. The number of esters is 1. The summed E-state index contributed by atoms with van der Waals surface area (Å²) in [5.41, 5.74) is 0.731. The minimum absolute atomic E-state index is 0.0975. The smallest absolute Gasteiger partial charge is 0.327 e. The van der Waals surface area contributed by atoms with Crippen LogP contribution < -0.4 is 10.1 Å². The molecule has 1 N–H and O–H groups in total. The first-order valence-corrected chi connectivity index (χ1v) is 6.94. The fourth-order valence-electron chi connectivity index (χ4n) is 2.18. The van der Waals surface area contributed by atoms with Crippen molar-refractivity contribution in [3.63, 3.8) is 0 Å². The molecule has 122 valence electrons. The lowest BCUT2D eigenvalue weighted by molar-refractivity contribution is -0.143. The molecule has 0 heterocycles. The third kappa shape index (κ3) is 4.26. The number of carbonyl (C=O) groups is 1. The van der Waals surface area contributed by atoms with Crippen LogP contribution in [0.1, 0.15) is 17.2 Å². The van der Waals surface area contributed by atoms with E-state index in [-0.39, 0.29) is 12.1 Å². The van der Waals surface area contributed by atoms with Gasteiger partial charge in [-0.15, -0.1) is 0 Å². The first-order valence-electron chi connectivity index (χ1n) is 6.94. The van der Waals surface area contributed by atoms with Gasteiger partial charge >= 0.3 is 5.97 Å². The van der Waals surface area contributed by atoms with Gasteiger partial charge in [0, 0.05) is 12.1 Å². The quantitative estimate of drug-likeness (QED) is 0.831. The predicted molar refractivity (Wildman–Crippen MR) is 80.9 cm³/mol. The highest BCUT2D eigenvalue weighted by molar-refractivity contribution is 5.77. The zero-order chi connectivity index (χ0) is 16.8. The van der Waals surface area contributed by atoms with Gasteiger partial charge in [-0.3, -0.25) is 5.32 Å². The van der Waals surface area contributed by atoms with Crippen LogP contribution in [0.15, 0.2) is 42.5 Å². The van der Waals surface area contributed by atoms with Crippen molar-refractivity contribution in [3.8, 4) is 5.75 Å². The third-order valence-corrected chi connectivity index (χ3v) is 3.35. The van der Waals surface area contributed by atoms with Gasteiger partial charge in [0.1, 0.15) is 23.4 Å². The molecule has 0 radical (unpaired) electrons. The highest BCUT2D eigenvalue weighted by Crippen LogP contribution is 2.21. The van der Waals surface area contributed by atoms with Gasteiger partial charge in [-0.05, 0) is 35.9 Å². The zero-order valence-electron chi connectivity index (χ0n) is 12.8. The first kappa shape index (κ1) is 16.9. The van der Waals surface area contributed by atoms with Gasteiger partial charge in [-0.25, -0.2) is 13.6 Å². The van der Waals surface area contributed by atoms with Crippen molar-refractivity contribution < 1.29 is 23.0 Å². The van der Waals surface area contributed by atoms with E-state index in [0.717, 1.165) is 23.8 Å². The number of methoxy groups -OCH3 is 2. The second-order valence-electron chi connectivity index (χ2n) is 4.85. The topological polar surface area (TPSA) is 47.6 Å². The van der Waals surface area contributed by atoms with Crippen LogP contribution in [0.4, 0.5) is 8.78 Å². The molecule has 0 aliphatic carbocycles. The van der Waals surface area contributed by atoms with Gasteiger partial charge in [0.2, 0.25) is 0 Å². The summed E-state index contributed by atoms with van der Waals surface area (Å²) in [4.78, 5) is 11.9. The molecule has 0 saturated carbocycles. The second-order valence-corrected chi connectivity index (χ2v) is 4.85. The zero-order valence-corrected chi connectivity index (χ0v) is 12.8. The predicted octanol–water partition coefficient (Wildman–Crippen LogP) is 2.98. The van der Waals surface area contributed by atoms with Gasteiger partial charge in [0.25, 0.3) is 0 Å². The number of ether oxygens (including phenoxy) is 2. The van der Waals surface area contributed by atoms with Crippen LogP contribution in [0.5, 0.6) is 5.75 Å². The molecular weight excluding hydrogens is 304 g/mol. The van der Waals surface area contributed by atoms with Crippen LogP contribution in [-0.4, -0.2) is 20.2 Å². The lowest BCUT2D eigenvalue weighted by Gasteiger charge is -2.18.